The van der Waals surface area contributed by atoms with Gasteiger partial charge in [-0.2, -0.15) is 0 Å². The zero-order chi connectivity index (χ0) is 29.4. The number of nitrogens with zero attached hydrogens (tertiary/aromatic N) is 3. The molecule has 2 unspecified atom stereocenters. The van der Waals surface area contributed by atoms with Crippen molar-refractivity contribution >= 4 is 41.0 Å². The van der Waals surface area contributed by atoms with E-state index in [1.807, 2.05) is 73.3 Å². The maximum absolute atomic E-state index is 13.6. The number of anilines is 2. The summed E-state index contributed by atoms with van der Waals surface area (Å²) in [5, 5.41) is 9.40. The number of aryl methyl sites for hydroxylation is 1. The molecule has 2 aromatic carbocycles. The van der Waals surface area contributed by atoms with E-state index in [1.54, 1.807) is 18.1 Å². The molecule has 1 saturated heterocycles. The molecule has 1 aromatic heterocycles. The molecular formula is C31H34N6O4S. The number of likely N-dealkylation sites (tertiary alicyclic amines) is 1. The zero-order valence-corrected chi connectivity index (χ0v) is 24.6. The van der Waals surface area contributed by atoms with Gasteiger partial charge in [0.1, 0.15) is 21.8 Å². The minimum atomic E-state index is -0.565. The average molecular weight is 587 g/mol. The van der Waals surface area contributed by atoms with Gasteiger partial charge in [-0.05, 0) is 75.7 Å². The van der Waals surface area contributed by atoms with Gasteiger partial charge in [0.2, 0.25) is 11.8 Å². The topological polar surface area (TPSA) is 116 Å². The molecule has 10 nitrogen and oxygen atoms in total. The molecular weight excluding hydrogens is 552 g/mol. The lowest BCUT2D eigenvalue weighted by molar-refractivity contribution is -0.135. The number of aromatic nitrogens is 1. The van der Waals surface area contributed by atoms with E-state index < -0.39 is 11.3 Å². The van der Waals surface area contributed by atoms with Crippen molar-refractivity contribution in [2.24, 2.45) is 0 Å². The number of piperidine rings is 1. The normalized spacial score (nSPS) is 21.8. The van der Waals surface area contributed by atoms with Crippen LogP contribution in [0.25, 0.3) is 0 Å². The maximum Gasteiger partial charge on any atom is 0.327 e. The van der Waals surface area contributed by atoms with Crippen molar-refractivity contribution in [1.29, 1.82) is 0 Å². The largest absolute Gasteiger partial charge is 0.457 e. The highest BCUT2D eigenvalue weighted by Crippen LogP contribution is 2.51. The molecule has 4 atom stereocenters. The number of thioether (sulfide) groups is 1. The Kier molecular flexibility index (Phi) is 7.78. The van der Waals surface area contributed by atoms with E-state index in [1.165, 1.54) is 11.8 Å². The molecule has 218 valence electrons. The molecule has 4 heterocycles. The summed E-state index contributed by atoms with van der Waals surface area (Å²) in [6, 6.07) is 15.7. The van der Waals surface area contributed by atoms with Crippen LogP contribution in [-0.4, -0.2) is 65.2 Å². The molecule has 4 amide bonds. The molecule has 0 radical (unpaired) electrons. The number of carbonyl (C=O) groups is 3. The van der Waals surface area contributed by atoms with Gasteiger partial charge >= 0.3 is 6.03 Å². The fraction of sp³-hybridized carbons (Fsp3) is 0.355. The van der Waals surface area contributed by atoms with Crippen molar-refractivity contribution < 1.29 is 19.1 Å². The van der Waals surface area contributed by atoms with Gasteiger partial charge in [0, 0.05) is 30.9 Å². The molecule has 0 aliphatic carbocycles. The summed E-state index contributed by atoms with van der Waals surface area (Å²) in [6.07, 6.45) is 3.30. The van der Waals surface area contributed by atoms with Crippen LogP contribution in [0, 0.1) is 6.92 Å². The lowest BCUT2D eigenvalue weighted by atomic mass is 9.98. The quantitative estimate of drug-likeness (QED) is 0.379. The number of hydrogen-bond donors (Lipinski definition) is 3. The van der Waals surface area contributed by atoms with E-state index in [4.69, 9.17) is 4.74 Å². The number of rotatable bonds is 7. The van der Waals surface area contributed by atoms with Crippen molar-refractivity contribution in [3.05, 3.63) is 71.9 Å². The van der Waals surface area contributed by atoms with E-state index in [0.717, 1.165) is 40.4 Å². The second-order valence-corrected chi connectivity index (χ2v) is 12.0. The van der Waals surface area contributed by atoms with E-state index in [2.05, 4.69) is 20.9 Å². The van der Waals surface area contributed by atoms with Crippen molar-refractivity contribution in [2.75, 3.05) is 25.0 Å². The van der Waals surface area contributed by atoms with Crippen LogP contribution in [0.5, 0.6) is 11.5 Å². The van der Waals surface area contributed by atoms with Crippen LogP contribution >= 0.6 is 11.8 Å². The predicted molar refractivity (Wildman–Crippen MR) is 161 cm³/mol. The molecule has 0 bridgehead atoms. The Bertz CT molecular complexity index is 1520. The maximum atomic E-state index is 13.6. The number of urea groups is 1. The number of carbonyl (C=O) groups excluding carboxylic acids is 3. The van der Waals surface area contributed by atoms with Gasteiger partial charge in [0.25, 0.3) is 0 Å². The summed E-state index contributed by atoms with van der Waals surface area (Å²) in [6.45, 7) is 4.93. The standard InChI is InChI=1S/C31H34N6O4S/c1-18-16-22(41-21-9-5-4-6-10-21)11-12-23(18)37-24-13-14-33-29-25(24)26(35-31(37)40)27(42-29)28(38)34-20-8-7-15-36(17-20)30(39)19(2)32-3/h4-6,9-14,16,19-20,26-27,32H,7-8,15,17H2,1-3H3,(H,34,38)(H,35,40)/t19-,20-,26?,27?/m1/s1. The summed E-state index contributed by atoms with van der Waals surface area (Å²) < 4.78 is 5.98. The zero-order valence-electron chi connectivity index (χ0n) is 23.8. The smallest absolute Gasteiger partial charge is 0.327 e. The van der Waals surface area contributed by atoms with Crippen LogP contribution < -0.4 is 25.6 Å². The van der Waals surface area contributed by atoms with Crippen LogP contribution in [0.1, 0.15) is 36.9 Å². The van der Waals surface area contributed by atoms with Crippen LogP contribution in [0.15, 0.2) is 65.8 Å². The Morgan fingerprint density at radius 3 is 2.69 bits per heavy atom. The highest BCUT2D eigenvalue weighted by atomic mass is 32.2. The second-order valence-electron chi connectivity index (χ2n) is 10.9. The Hall–Kier alpha value is -4.09. The Morgan fingerprint density at radius 2 is 1.93 bits per heavy atom. The number of para-hydroxylation sites is 1. The van der Waals surface area contributed by atoms with Crippen molar-refractivity contribution in [2.45, 2.75) is 55.1 Å². The van der Waals surface area contributed by atoms with Gasteiger partial charge in [-0.1, -0.05) is 30.0 Å². The first-order valence-electron chi connectivity index (χ1n) is 14.2. The summed E-state index contributed by atoms with van der Waals surface area (Å²) in [7, 11) is 1.76. The summed E-state index contributed by atoms with van der Waals surface area (Å²) in [5.74, 6) is 1.27. The van der Waals surface area contributed by atoms with Gasteiger partial charge in [-0.25, -0.2) is 9.78 Å². The number of benzene rings is 2. The van der Waals surface area contributed by atoms with E-state index >= 15 is 0 Å². The number of hydrogen-bond acceptors (Lipinski definition) is 7. The highest BCUT2D eigenvalue weighted by Gasteiger charge is 2.47. The SMILES string of the molecule is CN[C@H](C)C(=O)N1CCC[C@@H](NC(=O)C2Sc3nccc4c3C2NC(=O)N4c2ccc(Oc3ccccc3)cc2C)C1. The highest BCUT2D eigenvalue weighted by molar-refractivity contribution is 8.01. The molecule has 42 heavy (non-hydrogen) atoms. The first-order valence-corrected chi connectivity index (χ1v) is 15.1. The van der Waals surface area contributed by atoms with Crippen LogP contribution in [0.2, 0.25) is 0 Å². The van der Waals surface area contributed by atoms with Gasteiger partial charge < -0.3 is 25.6 Å². The van der Waals surface area contributed by atoms with Gasteiger partial charge in [-0.15, -0.1) is 0 Å². The molecule has 1 fully saturated rings. The minimum Gasteiger partial charge on any atom is -0.457 e. The van der Waals surface area contributed by atoms with Crippen molar-refractivity contribution in [3.63, 3.8) is 0 Å². The summed E-state index contributed by atoms with van der Waals surface area (Å²) >= 11 is 1.37. The molecule has 0 saturated carbocycles. The molecule has 3 aromatic rings. The molecule has 3 aliphatic heterocycles. The number of likely N-dealkylation sites (N-methyl/N-ethyl adjacent to an activating group) is 1. The number of amides is 4. The van der Waals surface area contributed by atoms with E-state index in [9.17, 15) is 14.4 Å². The number of ether oxygens (including phenoxy) is 1. The van der Waals surface area contributed by atoms with Gasteiger partial charge in [0.05, 0.1) is 23.5 Å². The second kappa shape index (κ2) is 11.7. The lowest BCUT2D eigenvalue weighted by Crippen LogP contribution is -2.55. The first kappa shape index (κ1) is 28.0. The van der Waals surface area contributed by atoms with Gasteiger partial charge in [0.15, 0.2) is 0 Å². The predicted octanol–water partition coefficient (Wildman–Crippen LogP) is 4.27. The fourth-order valence-electron chi connectivity index (χ4n) is 5.81. The van der Waals surface area contributed by atoms with E-state index in [-0.39, 0.29) is 29.9 Å². The molecule has 11 heteroatoms. The molecule has 0 spiro atoms. The summed E-state index contributed by atoms with van der Waals surface area (Å²) in [5.41, 5.74) is 3.15. The van der Waals surface area contributed by atoms with E-state index in [0.29, 0.717) is 24.5 Å². The monoisotopic (exact) mass is 586 g/mol. The third-order valence-electron chi connectivity index (χ3n) is 8.04. The average Bonchev–Trinajstić information content (AvgIpc) is 3.37. The minimum absolute atomic E-state index is 0.0301. The molecule has 6 rings (SSSR count). The van der Waals surface area contributed by atoms with Crippen molar-refractivity contribution in [3.8, 4) is 11.5 Å². The van der Waals surface area contributed by atoms with Gasteiger partial charge in [-0.3, -0.25) is 14.5 Å². The molecule has 3 N–H and O–H groups in total. The van der Waals surface area contributed by atoms with Crippen LogP contribution in [-0.2, 0) is 9.59 Å². The fourth-order valence-corrected chi connectivity index (χ4v) is 7.04. The number of pyridine rings is 1. The Labute approximate surface area is 249 Å². The van der Waals surface area contributed by atoms with Crippen LogP contribution in [0.3, 0.4) is 0 Å². The lowest BCUT2D eigenvalue weighted by Gasteiger charge is -2.36. The third kappa shape index (κ3) is 5.30. The summed E-state index contributed by atoms with van der Waals surface area (Å²) in [4.78, 5) is 47.9. The molecule has 3 aliphatic rings. The Morgan fingerprint density at radius 1 is 1.12 bits per heavy atom. The van der Waals surface area contributed by atoms with Crippen molar-refractivity contribution in [1.82, 2.24) is 25.8 Å². The third-order valence-corrected chi connectivity index (χ3v) is 9.32. The van der Waals surface area contributed by atoms with Crippen LogP contribution in [0.4, 0.5) is 16.2 Å². The number of nitrogens with one attached hydrogen (secondary N) is 3. The first-order chi connectivity index (χ1) is 20.3. The Balaban J connectivity index is 1.20.